The summed E-state index contributed by atoms with van der Waals surface area (Å²) in [5.74, 6) is 1.30. The van der Waals surface area contributed by atoms with Gasteiger partial charge in [-0.25, -0.2) is 15.0 Å². The maximum atomic E-state index is 10.9. The summed E-state index contributed by atoms with van der Waals surface area (Å²) in [7, 11) is 0. The average molecular weight is 406 g/mol. The minimum absolute atomic E-state index is 0.0192. The van der Waals surface area contributed by atoms with Crippen molar-refractivity contribution in [1.82, 2.24) is 20.3 Å². The van der Waals surface area contributed by atoms with Gasteiger partial charge in [0.2, 0.25) is 11.9 Å². The number of nitrogens with two attached hydrogens (primary N) is 1. The first-order chi connectivity index (χ1) is 14.6. The van der Waals surface area contributed by atoms with E-state index in [2.05, 4.69) is 30.9 Å². The number of benzene rings is 1. The van der Waals surface area contributed by atoms with Crippen molar-refractivity contribution >= 4 is 23.4 Å². The first kappa shape index (κ1) is 21.2. The molecule has 0 atom stereocenters. The number of hydrogen-bond acceptors (Lipinski definition) is 7. The third-order valence-corrected chi connectivity index (χ3v) is 4.57. The van der Waals surface area contributed by atoms with Gasteiger partial charge in [-0.15, -0.1) is 0 Å². The maximum Gasteiger partial charge on any atom is 0.227 e. The van der Waals surface area contributed by atoms with Gasteiger partial charge in [0.05, 0.1) is 5.69 Å². The lowest BCUT2D eigenvalue weighted by molar-refractivity contribution is -0.118. The Morgan fingerprint density at radius 2 is 1.93 bits per heavy atom. The van der Waals surface area contributed by atoms with Gasteiger partial charge in [0, 0.05) is 55.8 Å². The van der Waals surface area contributed by atoms with Crippen molar-refractivity contribution in [3.63, 3.8) is 0 Å². The molecule has 2 aromatic heterocycles. The van der Waals surface area contributed by atoms with Crippen LogP contribution in [0.25, 0.3) is 11.3 Å². The van der Waals surface area contributed by atoms with E-state index in [1.807, 2.05) is 43.3 Å². The second kappa shape index (κ2) is 10.3. The van der Waals surface area contributed by atoms with Gasteiger partial charge in [-0.3, -0.25) is 4.79 Å². The highest BCUT2D eigenvalue weighted by Crippen LogP contribution is 2.26. The minimum atomic E-state index is -0.0192. The number of carbonyl (C=O) groups is 1. The van der Waals surface area contributed by atoms with Crippen molar-refractivity contribution in [1.29, 1.82) is 0 Å². The monoisotopic (exact) mass is 405 g/mol. The number of hydrogen-bond donors (Lipinski definition) is 4. The summed E-state index contributed by atoms with van der Waals surface area (Å²) in [6, 6.07) is 11.7. The Labute approximate surface area is 176 Å². The lowest BCUT2D eigenvalue weighted by Gasteiger charge is -2.13. The summed E-state index contributed by atoms with van der Waals surface area (Å²) < 4.78 is 0. The fraction of sp³-hybridized carbons (Fsp3) is 0.273. The van der Waals surface area contributed by atoms with Crippen molar-refractivity contribution in [3.8, 4) is 11.3 Å². The van der Waals surface area contributed by atoms with Crippen LogP contribution in [0.2, 0.25) is 0 Å². The smallest absolute Gasteiger partial charge is 0.227 e. The average Bonchev–Trinajstić information content (AvgIpc) is 2.74. The van der Waals surface area contributed by atoms with Gasteiger partial charge in [0.1, 0.15) is 5.82 Å². The number of nitrogens with one attached hydrogen (secondary N) is 3. The molecular formula is C22H27N7O. The summed E-state index contributed by atoms with van der Waals surface area (Å²) in [5, 5.41) is 9.35. The molecule has 0 saturated heterocycles. The van der Waals surface area contributed by atoms with Crippen LogP contribution in [0.4, 0.5) is 17.5 Å². The third-order valence-electron chi connectivity index (χ3n) is 4.57. The van der Waals surface area contributed by atoms with Gasteiger partial charge < -0.3 is 21.7 Å². The molecule has 30 heavy (non-hydrogen) atoms. The molecule has 2 heterocycles. The predicted molar refractivity (Wildman–Crippen MR) is 119 cm³/mol. The molecule has 0 aliphatic rings. The van der Waals surface area contributed by atoms with E-state index in [0.29, 0.717) is 25.6 Å². The van der Waals surface area contributed by atoms with Crippen LogP contribution in [0.15, 0.2) is 48.8 Å². The second-order valence-electron chi connectivity index (χ2n) is 6.89. The van der Waals surface area contributed by atoms with Crippen LogP contribution in [0.1, 0.15) is 24.5 Å². The molecule has 5 N–H and O–H groups in total. The molecule has 1 aromatic carbocycles. The molecule has 0 radical (unpaired) electrons. The summed E-state index contributed by atoms with van der Waals surface area (Å²) in [6.07, 6.45) is 4.31. The van der Waals surface area contributed by atoms with Gasteiger partial charge >= 0.3 is 0 Å². The Bertz CT molecular complexity index is 1010. The molecule has 0 unspecified atom stereocenters. The normalized spacial score (nSPS) is 10.5. The SMILES string of the molecule is CC(=O)NCCCNc1nccc(-c2ccnc(Nc3cccc(CN)c3)n2)c1C. The molecule has 0 saturated carbocycles. The summed E-state index contributed by atoms with van der Waals surface area (Å²) in [6.45, 7) is 5.35. The lowest BCUT2D eigenvalue weighted by atomic mass is 10.1. The van der Waals surface area contributed by atoms with Crippen molar-refractivity contribution in [2.24, 2.45) is 5.73 Å². The molecule has 1 amide bonds. The predicted octanol–water partition coefficient (Wildman–Crippen LogP) is 2.99. The van der Waals surface area contributed by atoms with Crippen LogP contribution >= 0.6 is 0 Å². The van der Waals surface area contributed by atoms with E-state index >= 15 is 0 Å². The van der Waals surface area contributed by atoms with Crippen LogP contribution in [0.5, 0.6) is 0 Å². The van der Waals surface area contributed by atoms with E-state index in [-0.39, 0.29) is 5.91 Å². The van der Waals surface area contributed by atoms with Gasteiger partial charge in [-0.1, -0.05) is 12.1 Å². The number of nitrogens with zero attached hydrogens (tertiary/aromatic N) is 3. The molecule has 3 aromatic rings. The van der Waals surface area contributed by atoms with Crippen molar-refractivity contribution in [2.75, 3.05) is 23.7 Å². The molecule has 156 valence electrons. The number of aromatic nitrogens is 3. The number of anilines is 3. The Kier molecular flexibility index (Phi) is 7.29. The minimum Gasteiger partial charge on any atom is -0.370 e. The molecule has 3 rings (SSSR count). The summed E-state index contributed by atoms with van der Waals surface area (Å²) >= 11 is 0. The number of pyridine rings is 1. The topological polar surface area (TPSA) is 118 Å². The quantitative estimate of drug-likeness (QED) is 0.404. The zero-order valence-electron chi connectivity index (χ0n) is 17.3. The van der Waals surface area contributed by atoms with E-state index in [4.69, 9.17) is 5.73 Å². The Morgan fingerprint density at radius 3 is 2.73 bits per heavy atom. The first-order valence-electron chi connectivity index (χ1n) is 9.90. The molecule has 0 fully saturated rings. The van der Waals surface area contributed by atoms with Crippen LogP contribution in [0.3, 0.4) is 0 Å². The van der Waals surface area contributed by atoms with E-state index < -0.39 is 0 Å². The lowest BCUT2D eigenvalue weighted by Crippen LogP contribution is -2.22. The summed E-state index contributed by atoms with van der Waals surface area (Å²) in [5.41, 5.74) is 10.4. The number of carbonyl (C=O) groups excluding carboxylic acids is 1. The highest BCUT2D eigenvalue weighted by Gasteiger charge is 2.10. The third kappa shape index (κ3) is 5.74. The van der Waals surface area contributed by atoms with Crippen molar-refractivity contribution in [3.05, 3.63) is 59.9 Å². The van der Waals surface area contributed by atoms with Crippen LogP contribution in [-0.4, -0.2) is 33.9 Å². The van der Waals surface area contributed by atoms with E-state index in [0.717, 1.165) is 40.3 Å². The molecule has 0 spiro atoms. The Balaban J connectivity index is 1.72. The standard InChI is InChI=1S/C22H27N7O/c1-15-19(7-11-26-21(15)25-10-4-9-24-16(2)30)20-8-12-27-22(29-20)28-18-6-3-5-17(13-18)14-23/h3,5-8,11-13H,4,9-10,14,23H2,1-2H3,(H,24,30)(H,25,26)(H,27,28,29). The highest BCUT2D eigenvalue weighted by atomic mass is 16.1. The zero-order valence-corrected chi connectivity index (χ0v) is 17.3. The van der Waals surface area contributed by atoms with Gasteiger partial charge in [-0.2, -0.15) is 0 Å². The van der Waals surface area contributed by atoms with Crippen LogP contribution in [-0.2, 0) is 11.3 Å². The Hall–Kier alpha value is -3.52. The molecular weight excluding hydrogens is 378 g/mol. The molecule has 0 bridgehead atoms. The van der Waals surface area contributed by atoms with Crippen LogP contribution in [0, 0.1) is 6.92 Å². The van der Waals surface area contributed by atoms with Gasteiger partial charge in [0.25, 0.3) is 0 Å². The zero-order chi connectivity index (χ0) is 21.3. The first-order valence-corrected chi connectivity index (χ1v) is 9.90. The van der Waals surface area contributed by atoms with E-state index in [1.165, 1.54) is 6.92 Å². The summed E-state index contributed by atoms with van der Waals surface area (Å²) in [4.78, 5) is 24.4. The fourth-order valence-corrected chi connectivity index (χ4v) is 3.03. The largest absolute Gasteiger partial charge is 0.370 e. The van der Waals surface area contributed by atoms with Gasteiger partial charge in [-0.05, 0) is 43.2 Å². The van der Waals surface area contributed by atoms with Crippen molar-refractivity contribution in [2.45, 2.75) is 26.8 Å². The van der Waals surface area contributed by atoms with Crippen LogP contribution < -0.4 is 21.7 Å². The molecule has 8 heteroatoms. The molecule has 0 aliphatic carbocycles. The van der Waals surface area contributed by atoms with Crippen molar-refractivity contribution < 1.29 is 4.79 Å². The molecule has 0 aliphatic heterocycles. The van der Waals surface area contributed by atoms with E-state index in [1.54, 1.807) is 12.4 Å². The Morgan fingerprint density at radius 1 is 1.10 bits per heavy atom. The fourth-order valence-electron chi connectivity index (χ4n) is 3.03. The second-order valence-corrected chi connectivity index (χ2v) is 6.89. The number of amides is 1. The molecule has 8 nitrogen and oxygen atoms in total. The number of rotatable bonds is 9. The van der Waals surface area contributed by atoms with E-state index in [9.17, 15) is 4.79 Å². The maximum absolute atomic E-state index is 10.9. The van der Waals surface area contributed by atoms with Gasteiger partial charge in [0.15, 0.2) is 0 Å². The highest BCUT2D eigenvalue weighted by molar-refractivity contribution is 5.72.